The molecule has 3 rings (SSSR count). The van der Waals surface area contributed by atoms with Crippen molar-refractivity contribution in [2.75, 3.05) is 5.32 Å². The average Bonchev–Trinajstić information content (AvgIpc) is 2.96. The van der Waals surface area contributed by atoms with Crippen molar-refractivity contribution >= 4 is 11.5 Å². The van der Waals surface area contributed by atoms with Crippen LogP contribution in [0.15, 0.2) is 39.6 Å². The number of aromatic amines is 1. The number of rotatable bonds is 3. The van der Waals surface area contributed by atoms with E-state index in [2.05, 4.69) is 25.0 Å². The molecule has 0 atom stereocenters. The van der Waals surface area contributed by atoms with Crippen LogP contribution in [0.3, 0.4) is 0 Å². The number of H-pyrrole nitrogens is 1. The van der Waals surface area contributed by atoms with E-state index in [0.29, 0.717) is 17.1 Å². The van der Waals surface area contributed by atoms with Gasteiger partial charge in [-0.2, -0.15) is 13.2 Å². The number of nitrogens with zero attached hydrogens (tertiary/aromatic N) is 2. The van der Waals surface area contributed by atoms with Crippen LogP contribution in [0, 0.1) is 13.8 Å². The highest BCUT2D eigenvalue weighted by molar-refractivity contribution is 5.75. The predicted molar refractivity (Wildman–Crippen MR) is 84.6 cm³/mol. The van der Waals surface area contributed by atoms with Gasteiger partial charge in [0.05, 0.1) is 11.1 Å². The SMILES string of the molecule is Cc1cc(-c2noc(=O)[nH]2)c(Nc2ccc(C(F)(F)F)cc2)nc1C. The summed E-state index contributed by atoms with van der Waals surface area (Å²) in [6.45, 7) is 3.63. The topological polar surface area (TPSA) is 83.8 Å². The van der Waals surface area contributed by atoms with E-state index in [4.69, 9.17) is 0 Å². The first-order chi connectivity index (χ1) is 11.7. The highest BCUT2D eigenvalue weighted by Crippen LogP contribution is 2.32. The lowest BCUT2D eigenvalue weighted by molar-refractivity contribution is -0.137. The molecule has 2 aromatic heterocycles. The van der Waals surface area contributed by atoms with Gasteiger partial charge in [-0.25, -0.2) is 9.78 Å². The summed E-state index contributed by atoms with van der Waals surface area (Å²) in [6, 6.07) is 6.30. The van der Waals surface area contributed by atoms with Gasteiger partial charge in [-0.05, 0) is 49.7 Å². The summed E-state index contributed by atoms with van der Waals surface area (Å²) in [7, 11) is 0. The number of alkyl halides is 3. The molecule has 0 aliphatic carbocycles. The maximum atomic E-state index is 12.6. The van der Waals surface area contributed by atoms with Gasteiger partial charge >= 0.3 is 11.9 Å². The first-order valence-electron chi connectivity index (χ1n) is 7.23. The summed E-state index contributed by atoms with van der Waals surface area (Å²) in [6.07, 6.45) is -4.40. The van der Waals surface area contributed by atoms with E-state index in [1.54, 1.807) is 13.0 Å². The summed E-state index contributed by atoms with van der Waals surface area (Å²) in [4.78, 5) is 18.0. The third-order valence-corrected chi connectivity index (χ3v) is 3.64. The number of pyridine rings is 1. The van der Waals surface area contributed by atoms with Crippen molar-refractivity contribution in [1.29, 1.82) is 0 Å². The minimum Gasteiger partial charge on any atom is -0.340 e. The summed E-state index contributed by atoms with van der Waals surface area (Å²) >= 11 is 0. The van der Waals surface area contributed by atoms with E-state index in [0.717, 1.165) is 23.4 Å². The van der Waals surface area contributed by atoms with Crippen molar-refractivity contribution in [2.45, 2.75) is 20.0 Å². The molecule has 0 bridgehead atoms. The van der Waals surface area contributed by atoms with Crippen LogP contribution in [0.2, 0.25) is 0 Å². The Kier molecular flexibility index (Phi) is 4.07. The lowest BCUT2D eigenvalue weighted by Gasteiger charge is -2.13. The van der Waals surface area contributed by atoms with Crippen molar-refractivity contribution in [3.8, 4) is 11.4 Å². The third kappa shape index (κ3) is 3.54. The molecule has 25 heavy (non-hydrogen) atoms. The van der Waals surface area contributed by atoms with Gasteiger partial charge in [0.1, 0.15) is 5.82 Å². The predicted octanol–water partition coefficient (Wildman–Crippen LogP) is 3.80. The summed E-state index contributed by atoms with van der Waals surface area (Å²) in [5.74, 6) is -0.198. The van der Waals surface area contributed by atoms with E-state index >= 15 is 0 Å². The largest absolute Gasteiger partial charge is 0.439 e. The Morgan fingerprint density at radius 1 is 1.16 bits per heavy atom. The standard InChI is InChI=1S/C16H13F3N4O2/c1-8-7-12(14-22-15(24)25-23-14)13(20-9(8)2)21-11-5-3-10(4-6-11)16(17,18)19/h3-7H,1-2H3,(H,20,21)(H,22,23,24). The summed E-state index contributed by atoms with van der Waals surface area (Å²) in [5, 5.41) is 6.58. The van der Waals surface area contributed by atoms with Crippen molar-refractivity contribution in [1.82, 2.24) is 15.1 Å². The molecule has 0 saturated carbocycles. The van der Waals surface area contributed by atoms with Crippen LogP contribution in [-0.2, 0) is 6.18 Å². The highest BCUT2D eigenvalue weighted by atomic mass is 19.4. The van der Waals surface area contributed by atoms with Crippen LogP contribution in [0.5, 0.6) is 0 Å². The Morgan fingerprint density at radius 3 is 2.40 bits per heavy atom. The van der Waals surface area contributed by atoms with E-state index in [-0.39, 0.29) is 5.82 Å². The molecular formula is C16H13F3N4O2. The molecule has 130 valence electrons. The van der Waals surface area contributed by atoms with E-state index in [1.165, 1.54) is 12.1 Å². The van der Waals surface area contributed by atoms with Gasteiger partial charge in [0, 0.05) is 11.4 Å². The molecule has 2 heterocycles. The van der Waals surface area contributed by atoms with Crippen LogP contribution in [-0.4, -0.2) is 15.1 Å². The molecular weight excluding hydrogens is 337 g/mol. The zero-order valence-corrected chi connectivity index (χ0v) is 13.2. The molecule has 1 aromatic carbocycles. The molecule has 2 N–H and O–H groups in total. The number of nitrogens with one attached hydrogen (secondary N) is 2. The minimum atomic E-state index is -4.40. The molecule has 0 spiro atoms. The van der Waals surface area contributed by atoms with Crippen LogP contribution in [0.1, 0.15) is 16.8 Å². The summed E-state index contributed by atoms with van der Waals surface area (Å²) < 4.78 is 42.4. The Labute approximate surface area is 139 Å². The van der Waals surface area contributed by atoms with Crippen molar-refractivity contribution in [3.63, 3.8) is 0 Å². The van der Waals surface area contributed by atoms with Crippen LogP contribution in [0.4, 0.5) is 24.7 Å². The highest BCUT2D eigenvalue weighted by Gasteiger charge is 2.30. The molecule has 0 aliphatic heterocycles. The molecule has 0 fully saturated rings. The Balaban J connectivity index is 1.99. The fourth-order valence-electron chi connectivity index (χ4n) is 2.21. The van der Waals surface area contributed by atoms with Gasteiger partial charge in [-0.15, -0.1) is 0 Å². The molecule has 0 amide bonds. The second-order valence-electron chi connectivity index (χ2n) is 5.43. The van der Waals surface area contributed by atoms with Crippen LogP contribution >= 0.6 is 0 Å². The number of hydrogen-bond donors (Lipinski definition) is 2. The van der Waals surface area contributed by atoms with Crippen molar-refractivity contribution in [3.05, 3.63) is 57.7 Å². The normalized spacial score (nSPS) is 11.6. The van der Waals surface area contributed by atoms with Crippen molar-refractivity contribution in [2.24, 2.45) is 0 Å². The van der Waals surface area contributed by atoms with Crippen molar-refractivity contribution < 1.29 is 17.7 Å². The van der Waals surface area contributed by atoms with Crippen LogP contribution < -0.4 is 11.1 Å². The van der Waals surface area contributed by atoms with Gasteiger partial charge in [0.2, 0.25) is 0 Å². The first-order valence-corrected chi connectivity index (χ1v) is 7.23. The maximum absolute atomic E-state index is 12.6. The lowest BCUT2D eigenvalue weighted by atomic mass is 10.1. The van der Waals surface area contributed by atoms with Crippen LogP contribution in [0.25, 0.3) is 11.4 Å². The van der Waals surface area contributed by atoms with Gasteiger partial charge in [-0.3, -0.25) is 9.51 Å². The number of aryl methyl sites for hydroxylation is 2. The first kappa shape index (κ1) is 16.7. The molecule has 3 aromatic rings. The molecule has 0 aliphatic rings. The lowest BCUT2D eigenvalue weighted by Crippen LogP contribution is -2.05. The van der Waals surface area contributed by atoms with Gasteiger partial charge < -0.3 is 5.32 Å². The third-order valence-electron chi connectivity index (χ3n) is 3.64. The van der Waals surface area contributed by atoms with Gasteiger partial charge in [0.15, 0.2) is 5.82 Å². The molecule has 6 nitrogen and oxygen atoms in total. The molecule has 0 radical (unpaired) electrons. The van der Waals surface area contributed by atoms with Gasteiger partial charge in [-0.1, -0.05) is 5.16 Å². The number of benzene rings is 1. The second kappa shape index (κ2) is 6.08. The maximum Gasteiger partial charge on any atom is 0.439 e. The van der Waals surface area contributed by atoms with E-state index < -0.39 is 17.5 Å². The van der Waals surface area contributed by atoms with Gasteiger partial charge in [0.25, 0.3) is 0 Å². The monoisotopic (exact) mass is 350 g/mol. The fourth-order valence-corrected chi connectivity index (χ4v) is 2.21. The quantitative estimate of drug-likeness (QED) is 0.750. The molecule has 0 saturated heterocycles. The Hall–Kier alpha value is -3.10. The molecule has 9 heteroatoms. The number of anilines is 2. The summed E-state index contributed by atoms with van der Waals surface area (Å²) in [5.41, 5.74) is 1.72. The average molecular weight is 350 g/mol. The fraction of sp³-hybridized carbons (Fsp3) is 0.188. The minimum absolute atomic E-state index is 0.176. The Morgan fingerprint density at radius 2 is 1.84 bits per heavy atom. The zero-order chi connectivity index (χ0) is 18.2. The zero-order valence-electron chi connectivity index (χ0n) is 13.2. The number of aromatic nitrogens is 3. The number of hydrogen-bond acceptors (Lipinski definition) is 5. The molecule has 0 unspecified atom stereocenters. The van der Waals surface area contributed by atoms with E-state index in [1.807, 2.05) is 6.92 Å². The van der Waals surface area contributed by atoms with E-state index in [9.17, 15) is 18.0 Å². The number of halogens is 3. The Bertz CT molecular complexity index is 959. The smallest absolute Gasteiger partial charge is 0.340 e. The second-order valence-corrected chi connectivity index (χ2v) is 5.43.